The highest BCUT2D eigenvalue weighted by Crippen LogP contribution is 2.37. The first-order valence-electron chi connectivity index (χ1n) is 6.37. The second-order valence-corrected chi connectivity index (χ2v) is 5.48. The molecule has 0 saturated carbocycles. The van der Waals surface area contributed by atoms with Crippen molar-refractivity contribution in [2.24, 2.45) is 7.05 Å². The van der Waals surface area contributed by atoms with Gasteiger partial charge in [-0.2, -0.15) is 5.10 Å². The molecule has 2 aromatic rings. The lowest BCUT2D eigenvalue weighted by molar-refractivity contribution is -0.385. The summed E-state index contributed by atoms with van der Waals surface area (Å²) in [6, 6.07) is 3.37. The van der Waals surface area contributed by atoms with Gasteiger partial charge in [0, 0.05) is 24.0 Å². The standard InChI is InChI=1S/C14H16BrN3O3/c1-8-5-9(2)13(12(6-8)18(19)20)21-14-11(7-15)10(3)16-17(14)4/h5-6H,7H2,1-4H3. The molecule has 0 aliphatic carbocycles. The predicted octanol–water partition coefficient (Wildman–Crippen LogP) is 3.94. The van der Waals surface area contributed by atoms with Gasteiger partial charge in [-0.05, 0) is 31.9 Å². The maximum Gasteiger partial charge on any atom is 0.312 e. The predicted molar refractivity (Wildman–Crippen MR) is 83.2 cm³/mol. The summed E-state index contributed by atoms with van der Waals surface area (Å²) < 4.78 is 7.45. The van der Waals surface area contributed by atoms with Gasteiger partial charge in [-0.3, -0.25) is 10.1 Å². The molecule has 0 fully saturated rings. The molecule has 2 rings (SSSR count). The number of alkyl halides is 1. The summed E-state index contributed by atoms with van der Waals surface area (Å²) in [5.74, 6) is 0.773. The van der Waals surface area contributed by atoms with E-state index in [2.05, 4.69) is 21.0 Å². The SMILES string of the molecule is Cc1cc(C)c(Oc2c(CBr)c(C)nn2C)c([N+](=O)[O-])c1. The Bertz CT molecular complexity index is 710. The molecule has 21 heavy (non-hydrogen) atoms. The smallest absolute Gasteiger partial charge is 0.312 e. The Morgan fingerprint density at radius 1 is 1.38 bits per heavy atom. The molecule has 0 bridgehead atoms. The van der Waals surface area contributed by atoms with Crippen molar-refractivity contribution in [3.63, 3.8) is 0 Å². The molecule has 1 aromatic carbocycles. The number of rotatable bonds is 4. The van der Waals surface area contributed by atoms with Gasteiger partial charge in [-0.25, -0.2) is 4.68 Å². The largest absolute Gasteiger partial charge is 0.431 e. The highest BCUT2D eigenvalue weighted by Gasteiger charge is 2.23. The van der Waals surface area contributed by atoms with Crippen molar-refractivity contribution in [2.75, 3.05) is 0 Å². The van der Waals surface area contributed by atoms with E-state index in [1.54, 1.807) is 18.7 Å². The van der Waals surface area contributed by atoms with Crippen LogP contribution in [-0.4, -0.2) is 14.7 Å². The minimum absolute atomic E-state index is 0.0353. The van der Waals surface area contributed by atoms with Gasteiger partial charge >= 0.3 is 5.69 Å². The molecular formula is C14H16BrN3O3. The Hall–Kier alpha value is -1.89. The maximum atomic E-state index is 11.3. The zero-order chi connectivity index (χ0) is 15.7. The molecular weight excluding hydrogens is 338 g/mol. The van der Waals surface area contributed by atoms with E-state index in [9.17, 15) is 10.1 Å². The first-order chi connectivity index (χ1) is 9.85. The number of aromatic nitrogens is 2. The zero-order valence-corrected chi connectivity index (χ0v) is 13.9. The molecule has 0 radical (unpaired) electrons. The van der Waals surface area contributed by atoms with Gasteiger partial charge in [0.2, 0.25) is 11.6 Å². The lowest BCUT2D eigenvalue weighted by atomic mass is 10.1. The number of hydrogen-bond donors (Lipinski definition) is 0. The summed E-state index contributed by atoms with van der Waals surface area (Å²) in [5.41, 5.74) is 3.23. The van der Waals surface area contributed by atoms with E-state index in [1.807, 2.05) is 19.9 Å². The quantitative estimate of drug-likeness (QED) is 0.474. The molecule has 1 aromatic heterocycles. The molecule has 0 N–H and O–H groups in total. The maximum absolute atomic E-state index is 11.3. The average molecular weight is 354 g/mol. The van der Waals surface area contributed by atoms with Crippen LogP contribution < -0.4 is 4.74 Å². The van der Waals surface area contributed by atoms with Crippen molar-refractivity contribution >= 4 is 21.6 Å². The van der Waals surface area contributed by atoms with Gasteiger partial charge in [-0.1, -0.05) is 22.0 Å². The van der Waals surface area contributed by atoms with E-state index in [4.69, 9.17) is 4.74 Å². The van der Waals surface area contributed by atoms with Gasteiger partial charge < -0.3 is 4.74 Å². The number of halogens is 1. The van der Waals surface area contributed by atoms with E-state index in [-0.39, 0.29) is 11.4 Å². The molecule has 0 aliphatic heterocycles. The summed E-state index contributed by atoms with van der Waals surface area (Å²) in [5, 5.41) is 16.1. The summed E-state index contributed by atoms with van der Waals surface area (Å²) in [4.78, 5) is 10.8. The minimum Gasteiger partial charge on any atom is -0.431 e. The highest BCUT2D eigenvalue weighted by atomic mass is 79.9. The number of nitro benzene ring substituents is 1. The lowest BCUT2D eigenvalue weighted by Crippen LogP contribution is -2.01. The van der Waals surface area contributed by atoms with Gasteiger partial charge in [0.05, 0.1) is 10.6 Å². The van der Waals surface area contributed by atoms with E-state index in [0.717, 1.165) is 22.4 Å². The second kappa shape index (κ2) is 5.85. The third kappa shape index (κ3) is 2.92. The minimum atomic E-state index is -0.424. The summed E-state index contributed by atoms with van der Waals surface area (Å²) in [7, 11) is 1.75. The van der Waals surface area contributed by atoms with Crippen LogP contribution in [0.4, 0.5) is 5.69 Å². The van der Waals surface area contributed by atoms with Gasteiger partial charge in [0.25, 0.3) is 0 Å². The Kier molecular flexibility index (Phi) is 4.32. The monoisotopic (exact) mass is 353 g/mol. The first kappa shape index (κ1) is 15.5. The molecule has 0 atom stereocenters. The average Bonchev–Trinajstić information content (AvgIpc) is 2.66. The van der Waals surface area contributed by atoms with Gasteiger partial charge in [0.15, 0.2) is 0 Å². The van der Waals surface area contributed by atoms with Crippen LogP contribution in [0.2, 0.25) is 0 Å². The van der Waals surface area contributed by atoms with Crippen molar-refractivity contribution in [1.29, 1.82) is 0 Å². The fourth-order valence-corrected chi connectivity index (χ4v) is 2.90. The van der Waals surface area contributed by atoms with Crippen LogP contribution >= 0.6 is 15.9 Å². The molecule has 7 heteroatoms. The van der Waals surface area contributed by atoms with Crippen molar-refractivity contribution in [3.05, 3.63) is 44.6 Å². The van der Waals surface area contributed by atoms with Crippen LogP contribution in [0.15, 0.2) is 12.1 Å². The first-order valence-corrected chi connectivity index (χ1v) is 7.49. The highest BCUT2D eigenvalue weighted by molar-refractivity contribution is 9.08. The molecule has 112 valence electrons. The van der Waals surface area contributed by atoms with Crippen LogP contribution in [0.5, 0.6) is 11.6 Å². The number of ether oxygens (including phenoxy) is 1. The summed E-state index contributed by atoms with van der Waals surface area (Å²) >= 11 is 3.40. The van der Waals surface area contributed by atoms with E-state index >= 15 is 0 Å². The summed E-state index contributed by atoms with van der Waals surface area (Å²) in [6.07, 6.45) is 0. The Balaban J connectivity index is 2.57. The van der Waals surface area contributed by atoms with Crippen LogP contribution in [-0.2, 0) is 12.4 Å². The van der Waals surface area contributed by atoms with Crippen LogP contribution in [0.1, 0.15) is 22.4 Å². The molecule has 0 saturated heterocycles. The number of benzene rings is 1. The normalized spacial score (nSPS) is 10.7. The third-order valence-electron chi connectivity index (χ3n) is 3.22. The second-order valence-electron chi connectivity index (χ2n) is 4.92. The summed E-state index contributed by atoms with van der Waals surface area (Å²) in [6.45, 7) is 5.49. The van der Waals surface area contributed by atoms with Crippen molar-refractivity contribution in [1.82, 2.24) is 9.78 Å². The molecule has 0 amide bonds. The number of hydrogen-bond acceptors (Lipinski definition) is 4. The third-order valence-corrected chi connectivity index (χ3v) is 3.78. The molecule has 1 heterocycles. The Morgan fingerprint density at radius 2 is 2.05 bits per heavy atom. The fraction of sp³-hybridized carbons (Fsp3) is 0.357. The van der Waals surface area contributed by atoms with Crippen molar-refractivity contribution < 1.29 is 9.66 Å². The van der Waals surface area contributed by atoms with Gasteiger partial charge in [0.1, 0.15) is 0 Å². The Labute approximate surface area is 131 Å². The number of aryl methyl sites for hydroxylation is 4. The molecule has 0 unspecified atom stereocenters. The van der Waals surface area contributed by atoms with Crippen LogP contribution in [0.3, 0.4) is 0 Å². The van der Waals surface area contributed by atoms with Crippen LogP contribution in [0, 0.1) is 30.9 Å². The number of nitrogens with zero attached hydrogens (tertiary/aromatic N) is 3. The van der Waals surface area contributed by atoms with Crippen LogP contribution in [0.25, 0.3) is 0 Å². The molecule has 0 spiro atoms. The van der Waals surface area contributed by atoms with E-state index in [0.29, 0.717) is 11.2 Å². The molecule has 6 nitrogen and oxygen atoms in total. The van der Waals surface area contributed by atoms with Crippen molar-refractivity contribution in [3.8, 4) is 11.6 Å². The van der Waals surface area contributed by atoms with E-state index in [1.165, 1.54) is 6.07 Å². The van der Waals surface area contributed by atoms with Gasteiger partial charge in [-0.15, -0.1) is 0 Å². The molecule has 0 aliphatic rings. The fourth-order valence-electron chi connectivity index (χ4n) is 2.26. The zero-order valence-electron chi connectivity index (χ0n) is 12.3. The van der Waals surface area contributed by atoms with E-state index < -0.39 is 4.92 Å². The topological polar surface area (TPSA) is 70.2 Å². The number of nitro groups is 1. The lowest BCUT2D eigenvalue weighted by Gasteiger charge is -2.11. The Morgan fingerprint density at radius 3 is 2.62 bits per heavy atom. The van der Waals surface area contributed by atoms with Crippen molar-refractivity contribution in [2.45, 2.75) is 26.1 Å².